The zero-order valence-corrected chi connectivity index (χ0v) is 16.6. The number of nitrogens with zero attached hydrogens (tertiary/aromatic N) is 2. The Kier molecular flexibility index (Phi) is 5.60. The van der Waals surface area contributed by atoms with E-state index in [4.69, 9.17) is 14.2 Å². The minimum atomic E-state index is -0.349. The third-order valence-corrected chi connectivity index (χ3v) is 5.72. The molecule has 3 aliphatic rings. The maximum atomic E-state index is 12.8. The van der Waals surface area contributed by atoms with E-state index in [0.29, 0.717) is 32.8 Å². The zero-order chi connectivity index (χ0) is 20.4. The van der Waals surface area contributed by atoms with E-state index in [1.807, 2.05) is 23.1 Å². The number of ether oxygens (including phenoxy) is 3. The summed E-state index contributed by atoms with van der Waals surface area (Å²) in [4.78, 5) is 40.1. The van der Waals surface area contributed by atoms with Crippen LogP contribution in [-0.2, 0) is 19.1 Å². The summed E-state index contributed by atoms with van der Waals surface area (Å²) in [5, 5.41) is 0. The Hall–Kier alpha value is -2.77. The fourth-order valence-corrected chi connectivity index (χ4v) is 3.99. The van der Waals surface area contributed by atoms with Crippen LogP contribution in [0.2, 0.25) is 0 Å². The molecule has 8 heteroatoms. The normalized spacial score (nSPS) is 22.4. The molecule has 2 aliphatic heterocycles. The monoisotopic (exact) mass is 402 g/mol. The lowest BCUT2D eigenvalue weighted by molar-refractivity contribution is -0.146. The molecule has 1 aliphatic carbocycles. The van der Waals surface area contributed by atoms with Gasteiger partial charge < -0.3 is 24.0 Å². The Morgan fingerprint density at radius 2 is 1.76 bits per heavy atom. The van der Waals surface area contributed by atoms with Gasteiger partial charge >= 0.3 is 5.97 Å². The summed E-state index contributed by atoms with van der Waals surface area (Å²) in [6, 6.07) is 5.88. The highest BCUT2D eigenvalue weighted by Crippen LogP contribution is 2.50. The van der Waals surface area contributed by atoms with E-state index < -0.39 is 0 Å². The minimum Gasteiger partial charge on any atom is -0.466 e. The van der Waals surface area contributed by atoms with Gasteiger partial charge in [-0.2, -0.15) is 0 Å². The van der Waals surface area contributed by atoms with Crippen molar-refractivity contribution in [3.8, 4) is 11.5 Å². The Bertz CT molecular complexity index is 802. The molecule has 1 saturated heterocycles. The van der Waals surface area contributed by atoms with Crippen molar-refractivity contribution in [2.24, 2.45) is 5.92 Å². The third-order valence-electron chi connectivity index (χ3n) is 5.72. The minimum absolute atomic E-state index is 0.00133. The van der Waals surface area contributed by atoms with Crippen LogP contribution in [0.4, 0.5) is 0 Å². The van der Waals surface area contributed by atoms with E-state index in [1.165, 1.54) is 0 Å². The molecule has 29 heavy (non-hydrogen) atoms. The largest absolute Gasteiger partial charge is 0.466 e. The van der Waals surface area contributed by atoms with Gasteiger partial charge in [-0.1, -0.05) is 6.07 Å². The molecule has 0 N–H and O–H groups in total. The number of amides is 2. The second kappa shape index (κ2) is 8.31. The van der Waals surface area contributed by atoms with Crippen LogP contribution in [0.15, 0.2) is 18.2 Å². The van der Waals surface area contributed by atoms with E-state index in [1.54, 1.807) is 11.8 Å². The van der Waals surface area contributed by atoms with Crippen molar-refractivity contribution in [3.05, 3.63) is 23.8 Å². The molecule has 2 atom stereocenters. The van der Waals surface area contributed by atoms with Crippen molar-refractivity contribution in [1.29, 1.82) is 0 Å². The highest BCUT2D eigenvalue weighted by molar-refractivity contribution is 5.84. The number of carbonyl (C=O) groups excluding carboxylic acids is 3. The summed E-state index contributed by atoms with van der Waals surface area (Å²) >= 11 is 0. The molecule has 1 saturated carbocycles. The van der Waals surface area contributed by atoms with Gasteiger partial charge in [-0.15, -0.1) is 0 Å². The molecular formula is C21H26N2O6. The highest BCUT2D eigenvalue weighted by atomic mass is 16.7. The maximum Gasteiger partial charge on any atom is 0.306 e. The van der Waals surface area contributed by atoms with Crippen molar-refractivity contribution in [2.75, 3.05) is 39.6 Å². The van der Waals surface area contributed by atoms with E-state index in [-0.39, 0.29) is 49.3 Å². The number of esters is 1. The quantitative estimate of drug-likeness (QED) is 0.671. The molecule has 2 fully saturated rings. The number of rotatable bonds is 6. The summed E-state index contributed by atoms with van der Waals surface area (Å²) in [5.74, 6) is 1.47. The van der Waals surface area contributed by atoms with Crippen LogP contribution in [0.1, 0.15) is 37.7 Å². The van der Waals surface area contributed by atoms with Gasteiger partial charge in [-0.05, 0) is 37.0 Å². The van der Waals surface area contributed by atoms with Crippen LogP contribution in [-0.4, -0.2) is 67.2 Å². The second-order valence-corrected chi connectivity index (χ2v) is 7.57. The van der Waals surface area contributed by atoms with E-state index in [9.17, 15) is 14.4 Å². The summed E-state index contributed by atoms with van der Waals surface area (Å²) in [5.41, 5.74) is 1.11. The topological polar surface area (TPSA) is 85.4 Å². The van der Waals surface area contributed by atoms with Gasteiger partial charge in [0.15, 0.2) is 11.5 Å². The summed E-state index contributed by atoms with van der Waals surface area (Å²) in [6.45, 7) is 4.40. The smallest absolute Gasteiger partial charge is 0.306 e. The van der Waals surface area contributed by atoms with Crippen LogP contribution >= 0.6 is 0 Å². The molecule has 1 aromatic rings. The molecular weight excluding hydrogens is 376 g/mol. The number of piperazine rings is 1. The number of carbonyl (C=O) groups is 3. The molecule has 4 rings (SSSR count). The van der Waals surface area contributed by atoms with Gasteiger partial charge in [-0.3, -0.25) is 14.4 Å². The van der Waals surface area contributed by atoms with Gasteiger partial charge in [0.1, 0.15) is 0 Å². The molecule has 2 heterocycles. The molecule has 156 valence electrons. The Balaban J connectivity index is 1.24. The molecule has 0 aromatic heterocycles. The molecule has 0 spiro atoms. The van der Waals surface area contributed by atoms with Crippen LogP contribution < -0.4 is 9.47 Å². The van der Waals surface area contributed by atoms with E-state index in [2.05, 4.69) is 0 Å². The van der Waals surface area contributed by atoms with Gasteiger partial charge in [0.25, 0.3) is 0 Å². The van der Waals surface area contributed by atoms with Crippen molar-refractivity contribution in [2.45, 2.75) is 32.1 Å². The zero-order valence-electron chi connectivity index (χ0n) is 16.6. The van der Waals surface area contributed by atoms with Crippen molar-refractivity contribution in [1.82, 2.24) is 9.80 Å². The molecule has 0 bridgehead atoms. The first kappa shape index (κ1) is 19.5. The lowest BCUT2D eigenvalue weighted by atomic mass is 10.1. The van der Waals surface area contributed by atoms with Gasteiger partial charge in [0.2, 0.25) is 18.6 Å². The van der Waals surface area contributed by atoms with Crippen molar-refractivity contribution < 1.29 is 28.6 Å². The summed E-state index contributed by atoms with van der Waals surface area (Å²) in [6.07, 6.45) is 1.10. The van der Waals surface area contributed by atoms with Crippen LogP contribution in [0, 0.1) is 5.92 Å². The summed E-state index contributed by atoms with van der Waals surface area (Å²) < 4.78 is 15.6. The Labute approximate surface area is 169 Å². The Morgan fingerprint density at radius 3 is 2.52 bits per heavy atom. The standard InChI is InChI=1S/C21H26N2O6/c1-2-27-20(25)6-5-19(24)22-7-9-23(10-8-22)21(26)16-12-15(16)14-3-4-17-18(11-14)29-13-28-17/h3-4,11,15-16H,2,5-10,12-13H2,1H3/t15-,16+/m0/s1. The molecule has 0 radical (unpaired) electrons. The third kappa shape index (κ3) is 4.31. The predicted molar refractivity (Wildman–Crippen MR) is 102 cm³/mol. The average Bonchev–Trinajstić information content (AvgIpc) is 3.40. The van der Waals surface area contributed by atoms with Gasteiger partial charge in [-0.25, -0.2) is 0 Å². The second-order valence-electron chi connectivity index (χ2n) is 7.57. The lowest BCUT2D eigenvalue weighted by Crippen LogP contribution is -2.51. The average molecular weight is 402 g/mol. The van der Waals surface area contributed by atoms with Gasteiger partial charge in [0, 0.05) is 38.5 Å². The number of benzene rings is 1. The van der Waals surface area contributed by atoms with E-state index in [0.717, 1.165) is 23.5 Å². The van der Waals surface area contributed by atoms with Crippen molar-refractivity contribution in [3.63, 3.8) is 0 Å². The fraction of sp³-hybridized carbons (Fsp3) is 0.571. The molecule has 2 amide bonds. The first-order valence-corrected chi connectivity index (χ1v) is 10.2. The predicted octanol–water partition coefficient (Wildman–Crippen LogP) is 1.53. The lowest BCUT2D eigenvalue weighted by Gasteiger charge is -2.35. The van der Waals surface area contributed by atoms with Crippen LogP contribution in [0.5, 0.6) is 11.5 Å². The Morgan fingerprint density at radius 1 is 1.03 bits per heavy atom. The van der Waals surface area contributed by atoms with Crippen LogP contribution in [0.25, 0.3) is 0 Å². The number of hydrogen-bond donors (Lipinski definition) is 0. The van der Waals surface area contributed by atoms with E-state index >= 15 is 0 Å². The first-order valence-electron chi connectivity index (χ1n) is 10.2. The maximum absolute atomic E-state index is 12.8. The van der Waals surface area contributed by atoms with Gasteiger partial charge in [0.05, 0.1) is 13.0 Å². The highest BCUT2D eigenvalue weighted by Gasteiger charge is 2.46. The molecule has 1 aromatic carbocycles. The SMILES string of the molecule is CCOC(=O)CCC(=O)N1CCN(C(=O)[C@@H]2C[C@H]2c2ccc3c(c2)OCO3)CC1. The molecule has 0 unspecified atom stereocenters. The first-order chi connectivity index (χ1) is 14.1. The number of hydrogen-bond acceptors (Lipinski definition) is 6. The van der Waals surface area contributed by atoms with Crippen molar-refractivity contribution >= 4 is 17.8 Å². The van der Waals surface area contributed by atoms with Crippen LogP contribution in [0.3, 0.4) is 0 Å². The molecule has 8 nitrogen and oxygen atoms in total. The number of fused-ring (bicyclic) bond motifs is 1. The fourth-order valence-electron chi connectivity index (χ4n) is 3.99. The summed E-state index contributed by atoms with van der Waals surface area (Å²) in [7, 11) is 0.